The van der Waals surface area contributed by atoms with Gasteiger partial charge in [0.15, 0.2) is 0 Å². The summed E-state index contributed by atoms with van der Waals surface area (Å²) in [6.07, 6.45) is 2.65. The largest absolute Gasteiger partial charge is 0.319 e. The first-order valence-electron chi connectivity index (χ1n) is 6.71. The van der Waals surface area contributed by atoms with E-state index in [-0.39, 0.29) is 5.91 Å². The van der Waals surface area contributed by atoms with Crippen LogP contribution in [0.1, 0.15) is 36.8 Å². The monoisotopic (exact) mass is 246 g/mol. The van der Waals surface area contributed by atoms with Crippen molar-refractivity contribution < 1.29 is 4.79 Å². The maximum atomic E-state index is 11.7. The van der Waals surface area contributed by atoms with Crippen molar-refractivity contribution in [2.45, 2.75) is 32.1 Å². The normalized spacial score (nSPS) is 16.6. The first-order valence-corrected chi connectivity index (χ1v) is 6.71. The van der Waals surface area contributed by atoms with Crippen molar-refractivity contribution in [3.8, 4) is 0 Å². The molecule has 1 unspecified atom stereocenters. The fourth-order valence-corrected chi connectivity index (χ4v) is 2.67. The number of amides is 1. The molecule has 1 aromatic carbocycles. The molecular weight excluding hydrogens is 224 g/mol. The molecule has 0 saturated heterocycles. The van der Waals surface area contributed by atoms with Gasteiger partial charge >= 0.3 is 0 Å². The zero-order valence-corrected chi connectivity index (χ0v) is 11.5. The lowest BCUT2D eigenvalue weighted by Crippen LogP contribution is -2.31. The number of nitrogens with one attached hydrogen (secondary N) is 1. The molecule has 1 atom stereocenters. The lowest BCUT2D eigenvalue weighted by atomic mass is 9.91. The third kappa shape index (κ3) is 2.41. The van der Waals surface area contributed by atoms with E-state index in [1.54, 1.807) is 4.90 Å². The summed E-state index contributed by atoms with van der Waals surface area (Å²) in [6.45, 7) is 3.22. The van der Waals surface area contributed by atoms with Crippen LogP contribution in [-0.2, 0) is 11.2 Å². The number of hydrogen-bond acceptors (Lipinski definition) is 2. The number of nitrogens with zero attached hydrogens (tertiary/aromatic N) is 1. The SMILES string of the molecule is CCC(CNC)c1ccc2c(c1)CCC(=O)N2C. The standard InChI is InChI=1S/C15H22N2O/c1-4-11(10-16-2)12-5-7-14-13(9-12)6-8-15(18)17(14)3/h5,7,9,11,16H,4,6,8,10H2,1-3H3. The van der Waals surface area contributed by atoms with E-state index >= 15 is 0 Å². The Hall–Kier alpha value is -1.35. The van der Waals surface area contributed by atoms with Gasteiger partial charge in [0.2, 0.25) is 5.91 Å². The van der Waals surface area contributed by atoms with E-state index in [2.05, 4.69) is 30.4 Å². The molecule has 98 valence electrons. The molecule has 1 N–H and O–H groups in total. The van der Waals surface area contributed by atoms with Crippen LogP contribution in [0.25, 0.3) is 0 Å². The number of aryl methyl sites for hydroxylation is 1. The van der Waals surface area contributed by atoms with E-state index in [0.717, 1.165) is 25.1 Å². The van der Waals surface area contributed by atoms with Crippen molar-refractivity contribution in [3.63, 3.8) is 0 Å². The Morgan fingerprint density at radius 2 is 2.17 bits per heavy atom. The zero-order valence-electron chi connectivity index (χ0n) is 11.5. The van der Waals surface area contributed by atoms with Crippen LogP contribution in [0.4, 0.5) is 5.69 Å². The molecule has 3 nitrogen and oxygen atoms in total. The van der Waals surface area contributed by atoms with Gasteiger partial charge in [0, 0.05) is 25.7 Å². The Labute approximate surface area is 109 Å². The van der Waals surface area contributed by atoms with E-state index in [0.29, 0.717) is 12.3 Å². The van der Waals surface area contributed by atoms with Crippen molar-refractivity contribution >= 4 is 11.6 Å². The van der Waals surface area contributed by atoms with Crippen LogP contribution in [0.5, 0.6) is 0 Å². The highest BCUT2D eigenvalue weighted by Gasteiger charge is 2.21. The fourth-order valence-electron chi connectivity index (χ4n) is 2.67. The van der Waals surface area contributed by atoms with Gasteiger partial charge in [-0.2, -0.15) is 0 Å². The lowest BCUT2D eigenvalue weighted by Gasteiger charge is -2.27. The summed E-state index contributed by atoms with van der Waals surface area (Å²) >= 11 is 0. The summed E-state index contributed by atoms with van der Waals surface area (Å²) in [4.78, 5) is 13.4. The molecule has 0 bridgehead atoms. The van der Waals surface area contributed by atoms with Gasteiger partial charge in [0.05, 0.1) is 0 Å². The molecule has 2 rings (SSSR count). The molecular formula is C15H22N2O. The van der Waals surface area contributed by atoms with Gasteiger partial charge in [-0.05, 0) is 43.0 Å². The smallest absolute Gasteiger partial charge is 0.227 e. The van der Waals surface area contributed by atoms with E-state index in [4.69, 9.17) is 0 Å². The number of carbonyl (C=O) groups is 1. The molecule has 0 saturated carbocycles. The van der Waals surface area contributed by atoms with Crippen molar-refractivity contribution in [2.75, 3.05) is 25.5 Å². The van der Waals surface area contributed by atoms with E-state index in [1.807, 2.05) is 14.1 Å². The zero-order chi connectivity index (χ0) is 13.1. The molecule has 0 aromatic heterocycles. The highest BCUT2D eigenvalue weighted by atomic mass is 16.2. The van der Waals surface area contributed by atoms with Gasteiger partial charge in [-0.15, -0.1) is 0 Å². The second-order valence-electron chi connectivity index (χ2n) is 5.00. The third-order valence-corrected chi connectivity index (χ3v) is 3.86. The summed E-state index contributed by atoms with van der Waals surface area (Å²) in [5.74, 6) is 0.778. The summed E-state index contributed by atoms with van der Waals surface area (Å²) in [5.41, 5.74) is 3.77. The first kappa shape index (κ1) is 13.1. The molecule has 3 heteroatoms. The van der Waals surface area contributed by atoms with E-state index < -0.39 is 0 Å². The van der Waals surface area contributed by atoms with Gasteiger partial charge in [-0.25, -0.2) is 0 Å². The predicted molar refractivity (Wildman–Crippen MR) is 75.1 cm³/mol. The highest BCUT2D eigenvalue weighted by molar-refractivity contribution is 5.95. The lowest BCUT2D eigenvalue weighted by molar-refractivity contribution is -0.118. The van der Waals surface area contributed by atoms with Crippen LogP contribution in [0, 0.1) is 0 Å². The van der Waals surface area contributed by atoms with Gasteiger partial charge in [-0.3, -0.25) is 4.79 Å². The predicted octanol–water partition coefficient (Wildman–Crippen LogP) is 2.31. The number of anilines is 1. The van der Waals surface area contributed by atoms with Gasteiger partial charge in [-0.1, -0.05) is 19.1 Å². The highest BCUT2D eigenvalue weighted by Crippen LogP contribution is 2.30. The van der Waals surface area contributed by atoms with Crippen LogP contribution in [0.15, 0.2) is 18.2 Å². The molecule has 1 aliphatic rings. The Bertz CT molecular complexity index is 442. The molecule has 0 fully saturated rings. The summed E-state index contributed by atoms with van der Waals surface area (Å²) < 4.78 is 0. The molecule has 0 aliphatic carbocycles. The van der Waals surface area contributed by atoms with Gasteiger partial charge in [0.25, 0.3) is 0 Å². The number of carbonyl (C=O) groups excluding carboxylic acids is 1. The van der Waals surface area contributed by atoms with Crippen molar-refractivity contribution in [2.24, 2.45) is 0 Å². The minimum absolute atomic E-state index is 0.220. The van der Waals surface area contributed by atoms with Crippen LogP contribution in [0.3, 0.4) is 0 Å². The van der Waals surface area contributed by atoms with E-state index in [1.165, 1.54) is 11.1 Å². The quantitative estimate of drug-likeness (QED) is 0.884. The molecule has 1 heterocycles. The van der Waals surface area contributed by atoms with Crippen LogP contribution >= 0.6 is 0 Å². The van der Waals surface area contributed by atoms with E-state index in [9.17, 15) is 4.79 Å². The molecule has 1 aromatic rings. The summed E-state index contributed by atoms with van der Waals surface area (Å²) in [5, 5.41) is 3.25. The Kier molecular flexibility index (Phi) is 4.02. The summed E-state index contributed by atoms with van der Waals surface area (Å²) in [6, 6.07) is 6.54. The van der Waals surface area contributed by atoms with Gasteiger partial charge in [0.1, 0.15) is 0 Å². The number of fused-ring (bicyclic) bond motifs is 1. The van der Waals surface area contributed by atoms with Crippen LogP contribution in [0.2, 0.25) is 0 Å². The maximum absolute atomic E-state index is 11.7. The Morgan fingerprint density at radius 3 is 2.83 bits per heavy atom. The average Bonchev–Trinajstić information content (AvgIpc) is 2.40. The number of hydrogen-bond donors (Lipinski definition) is 1. The minimum atomic E-state index is 0.220. The molecule has 0 radical (unpaired) electrons. The third-order valence-electron chi connectivity index (χ3n) is 3.86. The second-order valence-corrected chi connectivity index (χ2v) is 5.00. The van der Waals surface area contributed by atoms with Crippen molar-refractivity contribution in [1.82, 2.24) is 5.32 Å². The number of likely N-dealkylation sites (N-methyl/N-ethyl adjacent to an activating group) is 1. The van der Waals surface area contributed by atoms with Crippen LogP contribution in [-0.4, -0.2) is 26.5 Å². The minimum Gasteiger partial charge on any atom is -0.319 e. The Balaban J connectivity index is 2.30. The maximum Gasteiger partial charge on any atom is 0.227 e. The topological polar surface area (TPSA) is 32.3 Å². The second kappa shape index (κ2) is 5.53. The number of rotatable bonds is 4. The molecule has 0 spiro atoms. The first-order chi connectivity index (χ1) is 8.67. The van der Waals surface area contributed by atoms with Crippen LogP contribution < -0.4 is 10.2 Å². The fraction of sp³-hybridized carbons (Fsp3) is 0.533. The molecule has 18 heavy (non-hydrogen) atoms. The summed E-state index contributed by atoms with van der Waals surface area (Å²) in [7, 11) is 3.86. The Morgan fingerprint density at radius 1 is 1.39 bits per heavy atom. The molecule has 1 aliphatic heterocycles. The number of benzene rings is 1. The van der Waals surface area contributed by atoms with Gasteiger partial charge < -0.3 is 10.2 Å². The van der Waals surface area contributed by atoms with Crippen molar-refractivity contribution in [3.05, 3.63) is 29.3 Å². The van der Waals surface area contributed by atoms with Crippen molar-refractivity contribution in [1.29, 1.82) is 0 Å². The molecule has 1 amide bonds. The average molecular weight is 246 g/mol.